The standard InChI is InChI=1S/C19H17ClN4O3S/c20-18-15(24-8-10-28-19(24)23-18)4-6-16(25)21-7-9-27-13-2-3-14-12(11-13)1-5-17(26)22-14/h2-4,6,8,10-11H,1,5,7,9H2,(H,21,25)(H,22,26)/b6-4+. The van der Waals surface area contributed by atoms with Crippen LogP contribution in [0.2, 0.25) is 5.15 Å². The summed E-state index contributed by atoms with van der Waals surface area (Å²) in [4.78, 5) is 28.4. The molecule has 1 aromatic carbocycles. The van der Waals surface area contributed by atoms with E-state index in [1.165, 1.54) is 17.4 Å². The van der Waals surface area contributed by atoms with Gasteiger partial charge in [0, 0.05) is 29.8 Å². The molecule has 7 nitrogen and oxygen atoms in total. The van der Waals surface area contributed by atoms with Crippen LogP contribution in [0.3, 0.4) is 0 Å². The molecular formula is C19H17ClN4O3S. The van der Waals surface area contributed by atoms with Crippen LogP contribution in [0.5, 0.6) is 5.75 Å². The molecule has 1 aliphatic rings. The number of amides is 2. The highest BCUT2D eigenvalue weighted by atomic mass is 35.5. The van der Waals surface area contributed by atoms with Crippen LogP contribution in [-0.2, 0) is 16.0 Å². The van der Waals surface area contributed by atoms with Crippen molar-refractivity contribution in [2.75, 3.05) is 18.5 Å². The Bertz CT molecular complexity index is 1070. The van der Waals surface area contributed by atoms with Crippen molar-refractivity contribution in [2.24, 2.45) is 0 Å². The first kappa shape index (κ1) is 18.5. The number of anilines is 1. The van der Waals surface area contributed by atoms with E-state index in [0.29, 0.717) is 42.6 Å². The Kier molecular flexibility index (Phi) is 5.31. The third-order valence-electron chi connectivity index (χ3n) is 4.29. The number of aromatic nitrogens is 2. The van der Waals surface area contributed by atoms with Crippen LogP contribution < -0.4 is 15.4 Å². The van der Waals surface area contributed by atoms with Crippen LogP contribution in [0, 0.1) is 0 Å². The first-order valence-electron chi connectivity index (χ1n) is 8.73. The fourth-order valence-electron chi connectivity index (χ4n) is 2.93. The maximum Gasteiger partial charge on any atom is 0.244 e. The van der Waals surface area contributed by atoms with Gasteiger partial charge in [0.25, 0.3) is 0 Å². The number of hydrogen-bond acceptors (Lipinski definition) is 5. The van der Waals surface area contributed by atoms with Crippen LogP contribution in [0.15, 0.2) is 35.9 Å². The molecule has 0 spiro atoms. The quantitative estimate of drug-likeness (QED) is 0.477. The summed E-state index contributed by atoms with van der Waals surface area (Å²) in [5, 5.41) is 7.87. The van der Waals surface area contributed by atoms with Gasteiger partial charge in [-0.05, 0) is 36.3 Å². The molecule has 0 aliphatic carbocycles. The zero-order valence-corrected chi connectivity index (χ0v) is 16.3. The molecule has 0 unspecified atom stereocenters. The molecule has 9 heteroatoms. The Balaban J connectivity index is 1.26. The fraction of sp³-hybridized carbons (Fsp3) is 0.211. The van der Waals surface area contributed by atoms with E-state index in [0.717, 1.165) is 16.2 Å². The molecule has 0 fully saturated rings. The minimum Gasteiger partial charge on any atom is -0.492 e. The molecule has 2 amide bonds. The predicted molar refractivity (Wildman–Crippen MR) is 109 cm³/mol. The van der Waals surface area contributed by atoms with Crippen molar-refractivity contribution < 1.29 is 14.3 Å². The summed E-state index contributed by atoms with van der Waals surface area (Å²) in [7, 11) is 0. The predicted octanol–water partition coefficient (Wildman–Crippen LogP) is 3.14. The van der Waals surface area contributed by atoms with Gasteiger partial charge in [-0.25, -0.2) is 4.98 Å². The largest absolute Gasteiger partial charge is 0.492 e. The van der Waals surface area contributed by atoms with Crippen molar-refractivity contribution in [3.63, 3.8) is 0 Å². The molecule has 0 saturated heterocycles. The Morgan fingerprint density at radius 1 is 1.43 bits per heavy atom. The molecule has 2 N–H and O–H groups in total. The number of carbonyl (C=O) groups is 2. The Morgan fingerprint density at radius 2 is 2.32 bits per heavy atom. The van der Waals surface area contributed by atoms with Gasteiger partial charge in [-0.3, -0.25) is 14.0 Å². The number of fused-ring (bicyclic) bond motifs is 2. The number of rotatable bonds is 6. The smallest absolute Gasteiger partial charge is 0.244 e. The third kappa shape index (κ3) is 4.02. The molecule has 1 aliphatic heterocycles. The van der Waals surface area contributed by atoms with Crippen molar-refractivity contribution in [3.8, 4) is 5.75 Å². The molecule has 4 rings (SSSR count). The second kappa shape index (κ2) is 8.04. The lowest BCUT2D eigenvalue weighted by atomic mass is 10.0. The van der Waals surface area contributed by atoms with E-state index in [4.69, 9.17) is 16.3 Å². The Labute approximate surface area is 170 Å². The van der Waals surface area contributed by atoms with Gasteiger partial charge in [0.05, 0.1) is 12.2 Å². The normalized spacial score (nSPS) is 13.5. The van der Waals surface area contributed by atoms with Gasteiger partial charge in [-0.2, -0.15) is 0 Å². The third-order valence-corrected chi connectivity index (χ3v) is 5.32. The average Bonchev–Trinajstić information content (AvgIpc) is 3.24. The lowest BCUT2D eigenvalue weighted by molar-refractivity contribution is -0.117. The summed E-state index contributed by atoms with van der Waals surface area (Å²) in [6, 6.07) is 5.56. The number of aryl methyl sites for hydroxylation is 1. The van der Waals surface area contributed by atoms with E-state index in [1.807, 2.05) is 28.1 Å². The van der Waals surface area contributed by atoms with Gasteiger partial charge in [0.1, 0.15) is 12.4 Å². The van der Waals surface area contributed by atoms with E-state index in [2.05, 4.69) is 15.6 Å². The first-order chi connectivity index (χ1) is 13.6. The van der Waals surface area contributed by atoms with Crippen LogP contribution in [-0.4, -0.2) is 34.4 Å². The monoisotopic (exact) mass is 416 g/mol. The number of carbonyl (C=O) groups excluding carboxylic acids is 2. The van der Waals surface area contributed by atoms with Crippen molar-refractivity contribution in [1.82, 2.24) is 14.7 Å². The summed E-state index contributed by atoms with van der Waals surface area (Å²) in [6.07, 6.45) is 6.11. The number of halogens is 1. The average molecular weight is 417 g/mol. The van der Waals surface area contributed by atoms with E-state index in [1.54, 1.807) is 12.1 Å². The molecule has 0 atom stereocenters. The highest BCUT2D eigenvalue weighted by molar-refractivity contribution is 7.15. The molecular weight excluding hydrogens is 400 g/mol. The number of hydrogen-bond donors (Lipinski definition) is 2. The second-order valence-electron chi connectivity index (χ2n) is 6.18. The molecule has 0 saturated carbocycles. The van der Waals surface area contributed by atoms with Gasteiger partial charge < -0.3 is 15.4 Å². The Morgan fingerprint density at radius 3 is 3.21 bits per heavy atom. The van der Waals surface area contributed by atoms with E-state index >= 15 is 0 Å². The molecule has 3 aromatic rings. The summed E-state index contributed by atoms with van der Waals surface area (Å²) in [5.41, 5.74) is 2.56. The highest BCUT2D eigenvalue weighted by Crippen LogP contribution is 2.26. The number of thiazole rings is 1. The van der Waals surface area contributed by atoms with E-state index < -0.39 is 0 Å². The van der Waals surface area contributed by atoms with Crippen molar-refractivity contribution in [3.05, 3.63) is 52.3 Å². The fourth-order valence-corrected chi connectivity index (χ4v) is 3.94. The molecule has 2 aromatic heterocycles. The van der Waals surface area contributed by atoms with Crippen molar-refractivity contribution in [1.29, 1.82) is 0 Å². The SMILES string of the molecule is O=C(/C=C/c1c(Cl)nc2sccn12)NCCOc1ccc2c(c1)CCC(=O)N2. The molecule has 0 bridgehead atoms. The maximum atomic E-state index is 12.0. The molecule has 28 heavy (non-hydrogen) atoms. The lowest BCUT2D eigenvalue weighted by Crippen LogP contribution is -2.26. The van der Waals surface area contributed by atoms with Gasteiger partial charge in [-0.1, -0.05) is 11.6 Å². The van der Waals surface area contributed by atoms with Crippen molar-refractivity contribution in [2.45, 2.75) is 12.8 Å². The van der Waals surface area contributed by atoms with Gasteiger partial charge in [0.15, 0.2) is 10.1 Å². The van der Waals surface area contributed by atoms with Crippen LogP contribution in [0.25, 0.3) is 11.0 Å². The second-order valence-corrected chi connectivity index (χ2v) is 7.41. The minimum absolute atomic E-state index is 0.0360. The summed E-state index contributed by atoms with van der Waals surface area (Å²) >= 11 is 7.57. The number of imidazole rings is 1. The molecule has 144 valence electrons. The maximum absolute atomic E-state index is 12.0. The zero-order chi connectivity index (χ0) is 19.5. The molecule has 0 radical (unpaired) electrons. The number of ether oxygens (including phenoxy) is 1. The highest BCUT2D eigenvalue weighted by Gasteiger charge is 2.15. The van der Waals surface area contributed by atoms with E-state index in [-0.39, 0.29) is 11.8 Å². The van der Waals surface area contributed by atoms with Crippen molar-refractivity contribution >= 4 is 51.5 Å². The number of nitrogens with one attached hydrogen (secondary N) is 2. The topological polar surface area (TPSA) is 84.7 Å². The summed E-state index contributed by atoms with van der Waals surface area (Å²) < 4.78 is 7.51. The van der Waals surface area contributed by atoms with Gasteiger partial charge in [-0.15, -0.1) is 11.3 Å². The lowest BCUT2D eigenvalue weighted by Gasteiger charge is -2.17. The van der Waals surface area contributed by atoms with Crippen LogP contribution >= 0.6 is 22.9 Å². The zero-order valence-electron chi connectivity index (χ0n) is 14.8. The summed E-state index contributed by atoms with van der Waals surface area (Å²) in [5.74, 6) is 0.512. The summed E-state index contributed by atoms with van der Waals surface area (Å²) in [6.45, 7) is 0.706. The van der Waals surface area contributed by atoms with E-state index in [9.17, 15) is 9.59 Å². The van der Waals surface area contributed by atoms with Crippen LogP contribution in [0.1, 0.15) is 17.7 Å². The Hall–Kier alpha value is -2.84. The van der Waals surface area contributed by atoms with Gasteiger partial charge >= 0.3 is 0 Å². The minimum atomic E-state index is -0.238. The first-order valence-corrected chi connectivity index (χ1v) is 9.98. The van der Waals surface area contributed by atoms with Gasteiger partial charge in [0.2, 0.25) is 11.8 Å². The number of benzene rings is 1. The number of nitrogens with zero attached hydrogens (tertiary/aromatic N) is 2. The van der Waals surface area contributed by atoms with Crippen LogP contribution in [0.4, 0.5) is 5.69 Å². The molecule has 3 heterocycles.